The molecule has 0 saturated carbocycles. The summed E-state index contributed by atoms with van der Waals surface area (Å²) >= 11 is 0. The maximum atomic E-state index is 12.1. The van der Waals surface area contributed by atoms with Crippen LogP contribution in [0.25, 0.3) is 6.08 Å². The van der Waals surface area contributed by atoms with Gasteiger partial charge in [0.15, 0.2) is 11.5 Å². The van der Waals surface area contributed by atoms with E-state index in [0.717, 1.165) is 6.08 Å². The van der Waals surface area contributed by atoms with E-state index in [1.807, 2.05) is 0 Å². The van der Waals surface area contributed by atoms with Crippen molar-refractivity contribution >= 4 is 12.0 Å². The number of hydrogen-bond donors (Lipinski definition) is 1. The van der Waals surface area contributed by atoms with E-state index in [0.29, 0.717) is 12.2 Å². The molecule has 0 bridgehead atoms. The van der Waals surface area contributed by atoms with Gasteiger partial charge in [-0.1, -0.05) is 6.07 Å². The molecule has 0 radical (unpaired) electrons. The predicted octanol–water partition coefficient (Wildman–Crippen LogP) is 3.51. The Bertz CT molecular complexity index is 509. The first-order valence-electron chi connectivity index (χ1n) is 6.19. The van der Waals surface area contributed by atoms with Gasteiger partial charge in [-0.15, -0.1) is 0 Å². The second kappa shape index (κ2) is 7.56. The zero-order valence-corrected chi connectivity index (χ0v) is 11.3. The van der Waals surface area contributed by atoms with Crippen LogP contribution in [0.3, 0.4) is 0 Å². The second-order valence-electron chi connectivity index (χ2n) is 4.02. The molecule has 0 atom stereocenters. The molecule has 0 heterocycles. The molecule has 0 spiro atoms. The van der Waals surface area contributed by atoms with E-state index in [4.69, 9.17) is 14.6 Å². The summed E-state index contributed by atoms with van der Waals surface area (Å²) in [6.07, 6.45) is -3.03. The quantitative estimate of drug-likeness (QED) is 0.783. The number of carbonyl (C=O) groups is 1. The van der Waals surface area contributed by atoms with Crippen molar-refractivity contribution in [2.75, 3.05) is 13.2 Å². The Kier molecular flexibility index (Phi) is 6.08. The number of hydrogen-bond acceptors (Lipinski definition) is 3. The average molecular weight is 304 g/mol. The van der Waals surface area contributed by atoms with Crippen LogP contribution < -0.4 is 9.47 Å². The third kappa shape index (κ3) is 6.69. The topological polar surface area (TPSA) is 55.8 Å². The highest BCUT2D eigenvalue weighted by atomic mass is 19.4. The lowest BCUT2D eigenvalue weighted by Gasteiger charge is -2.13. The molecule has 7 heteroatoms. The summed E-state index contributed by atoms with van der Waals surface area (Å²) in [5, 5.41) is 8.55. The fourth-order valence-electron chi connectivity index (χ4n) is 1.46. The average Bonchev–Trinajstić information content (AvgIpc) is 2.37. The van der Waals surface area contributed by atoms with Crippen molar-refractivity contribution in [1.82, 2.24) is 0 Å². The minimum Gasteiger partial charge on any atom is -0.490 e. The van der Waals surface area contributed by atoms with Gasteiger partial charge in [0.1, 0.15) is 0 Å². The molecule has 0 fully saturated rings. The highest BCUT2D eigenvalue weighted by Gasteiger charge is 2.27. The Morgan fingerprint density at radius 3 is 2.57 bits per heavy atom. The maximum Gasteiger partial charge on any atom is 0.392 e. The lowest BCUT2D eigenvalue weighted by atomic mass is 10.2. The van der Waals surface area contributed by atoms with Gasteiger partial charge in [-0.3, -0.25) is 0 Å². The standard InChI is InChI=1S/C14H15F3O4/c1-2-20-12-9-10(4-6-13(18)19)3-5-11(12)21-8-7-14(15,16)17/h3-6,9H,2,7-8H2,1H3,(H,18,19). The molecule has 0 unspecified atom stereocenters. The lowest BCUT2D eigenvalue weighted by Crippen LogP contribution is -2.13. The Morgan fingerprint density at radius 1 is 1.29 bits per heavy atom. The highest BCUT2D eigenvalue weighted by molar-refractivity contribution is 5.85. The Hall–Kier alpha value is -2.18. The van der Waals surface area contributed by atoms with Crippen LogP contribution in [0.1, 0.15) is 18.9 Å². The summed E-state index contributed by atoms with van der Waals surface area (Å²) in [7, 11) is 0. The van der Waals surface area contributed by atoms with Gasteiger partial charge >= 0.3 is 12.1 Å². The summed E-state index contributed by atoms with van der Waals surface area (Å²) in [5.41, 5.74) is 0.545. The number of aliphatic carboxylic acids is 1. The molecule has 0 aliphatic carbocycles. The number of carboxylic acids is 1. The SMILES string of the molecule is CCOc1cc(C=CC(=O)O)ccc1OCCC(F)(F)F. The van der Waals surface area contributed by atoms with E-state index in [2.05, 4.69) is 0 Å². The van der Waals surface area contributed by atoms with Crippen LogP contribution in [0.2, 0.25) is 0 Å². The van der Waals surface area contributed by atoms with Crippen molar-refractivity contribution < 1.29 is 32.5 Å². The molecule has 116 valence electrons. The van der Waals surface area contributed by atoms with E-state index < -0.39 is 25.2 Å². The molecular weight excluding hydrogens is 289 g/mol. The van der Waals surface area contributed by atoms with Crippen molar-refractivity contribution in [2.45, 2.75) is 19.5 Å². The molecule has 0 aliphatic rings. The molecule has 21 heavy (non-hydrogen) atoms. The van der Waals surface area contributed by atoms with Gasteiger partial charge in [-0.25, -0.2) is 4.79 Å². The van der Waals surface area contributed by atoms with Gasteiger partial charge in [0.05, 0.1) is 19.6 Å². The van der Waals surface area contributed by atoms with E-state index in [1.54, 1.807) is 6.92 Å². The minimum absolute atomic E-state index is 0.188. The van der Waals surface area contributed by atoms with E-state index in [-0.39, 0.29) is 11.5 Å². The van der Waals surface area contributed by atoms with E-state index >= 15 is 0 Å². The van der Waals surface area contributed by atoms with Crippen molar-refractivity contribution in [3.63, 3.8) is 0 Å². The first-order valence-corrected chi connectivity index (χ1v) is 6.19. The molecule has 0 aromatic heterocycles. The fourth-order valence-corrected chi connectivity index (χ4v) is 1.46. The van der Waals surface area contributed by atoms with Gasteiger partial charge in [-0.2, -0.15) is 13.2 Å². The zero-order chi connectivity index (χ0) is 15.9. The van der Waals surface area contributed by atoms with Crippen molar-refractivity contribution in [1.29, 1.82) is 0 Å². The van der Waals surface area contributed by atoms with E-state index in [9.17, 15) is 18.0 Å². The van der Waals surface area contributed by atoms with Crippen molar-refractivity contribution in [3.05, 3.63) is 29.8 Å². The number of halogens is 3. The summed E-state index contributed by atoms with van der Waals surface area (Å²) in [6.45, 7) is 1.52. The van der Waals surface area contributed by atoms with Crippen molar-refractivity contribution in [3.8, 4) is 11.5 Å². The number of benzene rings is 1. The molecule has 0 saturated heterocycles. The van der Waals surface area contributed by atoms with Crippen LogP contribution in [0.15, 0.2) is 24.3 Å². The van der Waals surface area contributed by atoms with Crippen LogP contribution >= 0.6 is 0 Å². The molecule has 1 aromatic rings. The van der Waals surface area contributed by atoms with Crippen molar-refractivity contribution in [2.24, 2.45) is 0 Å². The Morgan fingerprint density at radius 2 is 2.00 bits per heavy atom. The van der Waals surface area contributed by atoms with Gasteiger partial charge in [0.2, 0.25) is 0 Å². The first kappa shape index (κ1) is 16.9. The maximum absolute atomic E-state index is 12.1. The summed E-state index contributed by atoms with van der Waals surface area (Å²) in [6, 6.07) is 4.49. The number of carboxylic acid groups (broad SMARTS) is 1. The van der Waals surface area contributed by atoms with Crippen LogP contribution in [0.5, 0.6) is 11.5 Å². The fraction of sp³-hybridized carbons (Fsp3) is 0.357. The third-order valence-electron chi connectivity index (χ3n) is 2.33. The largest absolute Gasteiger partial charge is 0.490 e. The number of rotatable bonds is 7. The summed E-state index contributed by atoms with van der Waals surface area (Å²) in [5.74, 6) is -0.640. The highest BCUT2D eigenvalue weighted by Crippen LogP contribution is 2.30. The molecule has 1 aromatic carbocycles. The first-order chi connectivity index (χ1) is 9.81. The Balaban J connectivity index is 2.81. The molecular formula is C14H15F3O4. The lowest BCUT2D eigenvalue weighted by molar-refractivity contribution is -0.139. The summed E-state index contributed by atoms with van der Waals surface area (Å²) < 4.78 is 46.6. The normalized spacial score (nSPS) is 11.6. The predicted molar refractivity (Wildman–Crippen MR) is 70.4 cm³/mol. The molecule has 0 aliphatic heterocycles. The zero-order valence-electron chi connectivity index (χ0n) is 11.3. The number of alkyl halides is 3. The van der Waals surface area contributed by atoms with Gasteiger partial charge < -0.3 is 14.6 Å². The third-order valence-corrected chi connectivity index (χ3v) is 2.33. The Labute approximate surface area is 119 Å². The van der Waals surface area contributed by atoms with Crippen LogP contribution in [0.4, 0.5) is 13.2 Å². The van der Waals surface area contributed by atoms with E-state index in [1.165, 1.54) is 24.3 Å². The molecule has 0 amide bonds. The minimum atomic E-state index is -4.28. The van der Waals surface area contributed by atoms with Crippen LogP contribution in [-0.2, 0) is 4.79 Å². The monoisotopic (exact) mass is 304 g/mol. The van der Waals surface area contributed by atoms with Gasteiger partial charge in [-0.05, 0) is 30.7 Å². The number of ether oxygens (including phenoxy) is 2. The van der Waals surface area contributed by atoms with Crippen LogP contribution in [0, 0.1) is 0 Å². The smallest absolute Gasteiger partial charge is 0.392 e. The van der Waals surface area contributed by atoms with Gasteiger partial charge in [0.25, 0.3) is 0 Å². The molecule has 4 nitrogen and oxygen atoms in total. The molecule has 1 rings (SSSR count). The van der Waals surface area contributed by atoms with Gasteiger partial charge in [0, 0.05) is 6.08 Å². The summed E-state index contributed by atoms with van der Waals surface area (Å²) in [4.78, 5) is 10.4. The van der Waals surface area contributed by atoms with Crippen LogP contribution in [-0.4, -0.2) is 30.5 Å². The second-order valence-corrected chi connectivity index (χ2v) is 4.02. The molecule has 1 N–H and O–H groups in total.